The number of carbonyl (C=O) groups excluding carboxylic acids is 1. The van der Waals surface area contributed by atoms with Crippen molar-refractivity contribution in [2.75, 3.05) is 18.0 Å². The van der Waals surface area contributed by atoms with Crippen molar-refractivity contribution in [2.24, 2.45) is 0 Å². The van der Waals surface area contributed by atoms with E-state index in [4.69, 9.17) is 4.74 Å². The highest BCUT2D eigenvalue weighted by Gasteiger charge is 2.27. The lowest BCUT2D eigenvalue weighted by molar-refractivity contribution is -0.124. The quantitative estimate of drug-likeness (QED) is 0.694. The second-order valence-corrected chi connectivity index (χ2v) is 6.60. The van der Waals surface area contributed by atoms with Gasteiger partial charge >= 0.3 is 0 Å². The number of halogens is 1. The Bertz CT molecular complexity index is 1020. The van der Waals surface area contributed by atoms with Crippen LogP contribution in [0.3, 0.4) is 0 Å². The summed E-state index contributed by atoms with van der Waals surface area (Å²) in [5.74, 6) is 0.914. The molecule has 0 radical (unpaired) electrons. The number of pyridine rings is 2. The number of piperidine rings is 1. The van der Waals surface area contributed by atoms with Crippen LogP contribution in [0, 0.1) is 0 Å². The summed E-state index contributed by atoms with van der Waals surface area (Å²) in [5, 5.41) is 4.64. The first kappa shape index (κ1) is 15.9. The number of ketones is 1. The maximum atomic E-state index is 13.7. The van der Waals surface area contributed by atoms with E-state index >= 15 is 0 Å². The minimum absolute atomic E-state index is 0.0804. The molecule has 3 aromatic heterocycles. The molecule has 0 N–H and O–H groups in total. The van der Waals surface area contributed by atoms with Crippen LogP contribution in [0.4, 0.5) is 10.1 Å². The van der Waals surface area contributed by atoms with Crippen LogP contribution in [0.2, 0.25) is 0 Å². The van der Waals surface area contributed by atoms with E-state index in [-0.39, 0.29) is 18.7 Å². The van der Waals surface area contributed by atoms with Crippen molar-refractivity contribution in [1.29, 1.82) is 0 Å². The zero-order valence-electron chi connectivity index (χ0n) is 14.4. The van der Waals surface area contributed by atoms with E-state index < -0.39 is 6.17 Å². The number of rotatable bonds is 2. The van der Waals surface area contributed by atoms with Crippen molar-refractivity contribution in [3.8, 4) is 23.0 Å². The minimum Gasteiger partial charge on any atom is -0.472 e. The predicted octanol–water partition coefficient (Wildman–Crippen LogP) is 2.34. The highest BCUT2D eigenvalue weighted by atomic mass is 19.1. The molecule has 0 aliphatic carbocycles. The van der Waals surface area contributed by atoms with Crippen LogP contribution >= 0.6 is 0 Å². The molecular weight excluding hydrogens is 349 g/mol. The number of ether oxygens (including phenoxy) is 1. The summed E-state index contributed by atoms with van der Waals surface area (Å²) in [7, 11) is 0. The van der Waals surface area contributed by atoms with Crippen LogP contribution < -0.4 is 9.64 Å². The molecule has 5 rings (SSSR count). The molecule has 1 atom stereocenters. The van der Waals surface area contributed by atoms with Crippen LogP contribution in [0.25, 0.3) is 17.1 Å². The summed E-state index contributed by atoms with van der Waals surface area (Å²) in [5.41, 5.74) is 3.46. The van der Waals surface area contributed by atoms with E-state index in [0.29, 0.717) is 24.8 Å². The molecule has 7 nitrogen and oxygen atoms in total. The third-order valence-corrected chi connectivity index (χ3v) is 4.87. The Kier molecular flexibility index (Phi) is 3.63. The number of carbonyl (C=O) groups is 1. The summed E-state index contributed by atoms with van der Waals surface area (Å²) < 4.78 is 21.0. The fourth-order valence-corrected chi connectivity index (χ4v) is 3.42. The van der Waals surface area contributed by atoms with Gasteiger partial charge in [0.05, 0.1) is 24.0 Å². The number of hydrogen-bond donors (Lipinski definition) is 0. The minimum atomic E-state index is -1.43. The van der Waals surface area contributed by atoms with Crippen molar-refractivity contribution in [3.05, 3.63) is 48.4 Å². The van der Waals surface area contributed by atoms with E-state index in [2.05, 4.69) is 15.1 Å². The van der Waals surface area contributed by atoms with Crippen LogP contribution in [0.1, 0.15) is 12.0 Å². The number of aromatic nitrogens is 4. The second-order valence-electron chi connectivity index (χ2n) is 6.60. The van der Waals surface area contributed by atoms with Gasteiger partial charge in [-0.25, -0.2) is 19.0 Å². The number of Topliss-reactive ketones (excluding diaryl/α,β-unsaturated/α-hetero) is 1. The summed E-state index contributed by atoms with van der Waals surface area (Å²) in [6.07, 6.45) is 4.07. The summed E-state index contributed by atoms with van der Waals surface area (Å²) in [6.45, 7) is 1.01. The van der Waals surface area contributed by atoms with E-state index in [9.17, 15) is 9.18 Å². The van der Waals surface area contributed by atoms with Gasteiger partial charge in [0.25, 0.3) is 0 Å². The lowest BCUT2D eigenvalue weighted by atomic mass is 10.1. The van der Waals surface area contributed by atoms with E-state index in [1.54, 1.807) is 17.1 Å². The van der Waals surface area contributed by atoms with Crippen molar-refractivity contribution in [3.63, 3.8) is 0 Å². The van der Waals surface area contributed by atoms with Gasteiger partial charge in [0.15, 0.2) is 17.8 Å². The van der Waals surface area contributed by atoms with Gasteiger partial charge in [-0.2, -0.15) is 5.10 Å². The fourth-order valence-electron chi connectivity index (χ4n) is 3.42. The average molecular weight is 365 g/mol. The first-order chi connectivity index (χ1) is 13.2. The monoisotopic (exact) mass is 365 g/mol. The van der Waals surface area contributed by atoms with Gasteiger partial charge in [0, 0.05) is 30.9 Å². The molecule has 2 aliphatic heterocycles. The molecule has 136 valence electrons. The van der Waals surface area contributed by atoms with Gasteiger partial charge in [-0.05, 0) is 24.3 Å². The molecule has 0 bridgehead atoms. The Morgan fingerprint density at radius 1 is 1.22 bits per heavy atom. The van der Waals surface area contributed by atoms with Crippen LogP contribution in [0.15, 0.2) is 42.9 Å². The summed E-state index contributed by atoms with van der Waals surface area (Å²) >= 11 is 0. The SMILES string of the molecule is O=C1CCN(c2ccc(-n3cc4c(n3)-c3cccnc3OC4)nc2)CC1F. The van der Waals surface area contributed by atoms with Crippen molar-refractivity contribution in [2.45, 2.75) is 19.2 Å². The van der Waals surface area contributed by atoms with E-state index in [0.717, 1.165) is 22.5 Å². The molecule has 0 aromatic carbocycles. The lowest BCUT2D eigenvalue weighted by Crippen LogP contribution is -2.42. The second kappa shape index (κ2) is 6.15. The summed E-state index contributed by atoms with van der Waals surface area (Å²) in [6, 6.07) is 7.49. The zero-order valence-corrected chi connectivity index (χ0v) is 14.4. The molecule has 27 heavy (non-hydrogen) atoms. The molecule has 0 spiro atoms. The Hall–Kier alpha value is -3.29. The van der Waals surface area contributed by atoms with Crippen molar-refractivity contribution < 1.29 is 13.9 Å². The molecule has 3 aromatic rings. The fraction of sp³-hybridized carbons (Fsp3) is 0.263. The maximum absolute atomic E-state index is 13.7. The predicted molar refractivity (Wildman–Crippen MR) is 95.7 cm³/mol. The van der Waals surface area contributed by atoms with E-state index in [1.807, 2.05) is 35.4 Å². The van der Waals surface area contributed by atoms with Crippen LogP contribution in [0.5, 0.6) is 5.88 Å². The van der Waals surface area contributed by atoms with Gasteiger partial charge in [0.2, 0.25) is 5.88 Å². The Labute approximate surface area is 154 Å². The van der Waals surface area contributed by atoms with Gasteiger partial charge in [0.1, 0.15) is 12.3 Å². The molecule has 0 amide bonds. The molecule has 1 fully saturated rings. The van der Waals surface area contributed by atoms with Crippen molar-refractivity contribution in [1.82, 2.24) is 19.7 Å². The van der Waals surface area contributed by atoms with Crippen LogP contribution in [-0.4, -0.2) is 44.8 Å². The van der Waals surface area contributed by atoms with Gasteiger partial charge in [-0.15, -0.1) is 0 Å². The Morgan fingerprint density at radius 2 is 2.15 bits per heavy atom. The number of anilines is 1. The number of fused-ring (bicyclic) bond motifs is 3. The number of alkyl halides is 1. The molecule has 8 heteroatoms. The van der Waals surface area contributed by atoms with Crippen LogP contribution in [-0.2, 0) is 11.4 Å². The molecule has 1 unspecified atom stereocenters. The highest BCUT2D eigenvalue weighted by Crippen LogP contribution is 2.34. The van der Waals surface area contributed by atoms with Gasteiger partial charge in [-0.1, -0.05) is 0 Å². The average Bonchev–Trinajstić information content (AvgIpc) is 3.15. The number of hydrogen-bond acceptors (Lipinski definition) is 6. The van der Waals surface area contributed by atoms with E-state index in [1.165, 1.54) is 0 Å². The Balaban J connectivity index is 1.42. The Morgan fingerprint density at radius 3 is 2.96 bits per heavy atom. The molecule has 0 saturated carbocycles. The molecule has 5 heterocycles. The smallest absolute Gasteiger partial charge is 0.223 e. The lowest BCUT2D eigenvalue weighted by Gasteiger charge is -2.29. The highest BCUT2D eigenvalue weighted by molar-refractivity contribution is 5.85. The first-order valence-electron chi connectivity index (χ1n) is 8.74. The van der Waals surface area contributed by atoms with Gasteiger partial charge in [-0.3, -0.25) is 4.79 Å². The molecule has 1 saturated heterocycles. The third-order valence-electron chi connectivity index (χ3n) is 4.87. The maximum Gasteiger partial charge on any atom is 0.223 e. The molecule has 2 aliphatic rings. The standard InChI is InChI=1S/C19H16FN5O2/c20-15-10-24(7-5-16(15)26)13-3-4-17(22-8-13)25-9-12-11-27-19-14(18(12)23-25)2-1-6-21-19/h1-4,6,8-9,15H,5,7,10-11H2. The van der Waals surface area contributed by atoms with Gasteiger partial charge < -0.3 is 9.64 Å². The number of nitrogens with zero attached hydrogens (tertiary/aromatic N) is 5. The normalized spacial score (nSPS) is 18.6. The largest absolute Gasteiger partial charge is 0.472 e. The zero-order chi connectivity index (χ0) is 18.4. The third kappa shape index (κ3) is 2.73. The topological polar surface area (TPSA) is 73.1 Å². The summed E-state index contributed by atoms with van der Waals surface area (Å²) in [4.78, 5) is 21.9. The van der Waals surface area contributed by atoms with Crippen molar-refractivity contribution >= 4 is 11.5 Å². The first-order valence-corrected chi connectivity index (χ1v) is 8.74. The molecular formula is C19H16FN5O2.